The summed E-state index contributed by atoms with van der Waals surface area (Å²) in [5, 5.41) is 8.61. The third kappa shape index (κ3) is 5.84. The van der Waals surface area contributed by atoms with Gasteiger partial charge in [0, 0.05) is 6.42 Å². The SMILES string of the molecule is O=C(O)CCCCN1CCC(Cc2ccc(F)cc2)CC1. The number of piperidine rings is 1. The molecule has 2 rings (SSSR count). The molecule has 1 N–H and O–H groups in total. The molecule has 0 amide bonds. The molecule has 3 nitrogen and oxygen atoms in total. The van der Waals surface area contributed by atoms with Gasteiger partial charge in [-0.15, -0.1) is 0 Å². The van der Waals surface area contributed by atoms with E-state index in [1.807, 2.05) is 12.1 Å². The van der Waals surface area contributed by atoms with E-state index >= 15 is 0 Å². The topological polar surface area (TPSA) is 40.5 Å². The van der Waals surface area contributed by atoms with Gasteiger partial charge in [0.1, 0.15) is 5.82 Å². The molecule has 0 atom stereocenters. The number of hydrogen-bond donors (Lipinski definition) is 1. The van der Waals surface area contributed by atoms with Gasteiger partial charge in [0.2, 0.25) is 0 Å². The molecule has 0 saturated carbocycles. The van der Waals surface area contributed by atoms with Gasteiger partial charge >= 0.3 is 5.97 Å². The number of carboxylic acid groups (broad SMARTS) is 1. The van der Waals surface area contributed by atoms with Crippen molar-refractivity contribution in [3.8, 4) is 0 Å². The van der Waals surface area contributed by atoms with Crippen molar-refractivity contribution < 1.29 is 14.3 Å². The number of rotatable bonds is 7. The van der Waals surface area contributed by atoms with Crippen LogP contribution in [0.3, 0.4) is 0 Å². The number of likely N-dealkylation sites (tertiary alicyclic amines) is 1. The first-order valence-corrected chi connectivity index (χ1v) is 7.82. The van der Waals surface area contributed by atoms with E-state index in [-0.39, 0.29) is 12.2 Å². The number of aliphatic carboxylic acids is 1. The van der Waals surface area contributed by atoms with Crippen LogP contribution in [0.1, 0.15) is 37.7 Å². The van der Waals surface area contributed by atoms with E-state index in [0.717, 1.165) is 38.9 Å². The van der Waals surface area contributed by atoms with Crippen molar-refractivity contribution in [3.63, 3.8) is 0 Å². The van der Waals surface area contributed by atoms with Gasteiger partial charge in [-0.25, -0.2) is 4.39 Å². The molecule has 1 heterocycles. The van der Waals surface area contributed by atoms with Crippen LogP contribution in [-0.2, 0) is 11.2 Å². The average Bonchev–Trinajstić information content (AvgIpc) is 2.47. The highest BCUT2D eigenvalue weighted by Gasteiger charge is 2.19. The molecule has 1 aromatic rings. The van der Waals surface area contributed by atoms with E-state index in [9.17, 15) is 9.18 Å². The summed E-state index contributed by atoms with van der Waals surface area (Å²) in [5.74, 6) is -0.186. The van der Waals surface area contributed by atoms with Gasteiger partial charge in [0.05, 0.1) is 0 Å². The molecule has 1 aliphatic heterocycles. The Morgan fingerprint density at radius 1 is 1.19 bits per heavy atom. The number of hydrogen-bond acceptors (Lipinski definition) is 2. The molecule has 21 heavy (non-hydrogen) atoms. The molecule has 4 heteroatoms. The lowest BCUT2D eigenvalue weighted by atomic mass is 9.90. The number of carbonyl (C=O) groups is 1. The highest BCUT2D eigenvalue weighted by atomic mass is 19.1. The van der Waals surface area contributed by atoms with Crippen LogP contribution >= 0.6 is 0 Å². The van der Waals surface area contributed by atoms with Crippen molar-refractivity contribution in [2.45, 2.75) is 38.5 Å². The quantitative estimate of drug-likeness (QED) is 0.784. The maximum absolute atomic E-state index is 12.9. The Labute approximate surface area is 125 Å². The molecular weight excluding hydrogens is 269 g/mol. The number of halogens is 1. The van der Waals surface area contributed by atoms with Crippen molar-refractivity contribution >= 4 is 5.97 Å². The lowest BCUT2D eigenvalue weighted by Crippen LogP contribution is -2.35. The third-order valence-corrected chi connectivity index (χ3v) is 4.26. The molecule has 0 spiro atoms. The van der Waals surface area contributed by atoms with Crippen molar-refractivity contribution in [1.82, 2.24) is 4.90 Å². The zero-order valence-corrected chi connectivity index (χ0v) is 12.4. The van der Waals surface area contributed by atoms with Crippen LogP contribution in [0, 0.1) is 11.7 Å². The first-order valence-electron chi connectivity index (χ1n) is 7.82. The summed E-state index contributed by atoms with van der Waals surface area (Å²) in [5.41, 5.74) is 1.22. The molecule has 0 aliphatic carbocycles. The van der Waals surface area contributed by atoms with E-state index in [4.69, 9.17) is 5.11 Å². The van der Waals surface area contributed by atoms with Crippen LogP contribution in [0.4, 0.5) is 4.39 Å². The van der Waals surface area contributed by atoms with Crippen molar-refractivity contribution in [2.75, 3.05) is 19.6 Å². The minimum absolute atomic E-state index is 0.171. The molecule has 116 valence electrons. The summed E-state index contributed by atoms with van der Waals surface area (Å²) < 4.78 is 12.9. The second kappa shape index (κ2) is 8.13. The average molecular weight is 293 g/mol. The van der Waals surface area contributed by atoms with Gasteiger partial charge in [0.25, 0.3) is 0 Å². The van der Waals surface area contributed by atoms with Gasteiger partial charge < -0.3 is 10.0 Å². The molecule has 0 radical (unpaired) electrons. The smallest absolute Gasteiger partial charge is 0.303 e. The normalized spacial score (nSPS) is 17.0. The van der Waals surface area contributed by atoms with Gasteiger partial charge in [0.15, 0.2) is 0 Å². The predicted octanol–water partition coefficient (Wildman–Crippen LogP) is 3.34. The van der Waals surface area contributed by atoms with Gasteiger partial charge in [-0.1, -0.05) is 12.1 Å². The zero-order valence-electron chi connectivity index (χ0n) is 12.4. The number of benzene rings is 1. The Kier molecular flexibility index (Phi) is 6.18. The van der Waals surface area contributed by atoms with Crippen LogP contribution in [0.2, 0.25) is 0 Å². The second-order valence-corrected chi connectivity index (χ2v) is 5.97. The van der Waals surface area contributed by atoms with Gasteiger partial charge in [-0.05, 0) is 75.4 Å². The number of unbranched alkanes of at least 4 members (excludes halogenated alkanes) is 1. The van der Waals surface area contributed by atoms with Gasteiger partial charge in [-0.2, -0.15) is 0 Å². The van der Waals surface area contributed by atoms with Crippen LogP contribution in [0.15, 0.2) is 24.3 Å². The van der Waals surface area contributed by atoms with E-state index in [1.165, 1.54) is 30.5 Å². The van der Waals surface area contributed by atoms with E-state index in [1.54, 1.807) is 0 Å². The van der Waals surface area contributed by atoms with Crippen molar-refractivity contribution in [1.29, 1.82) is 0 Å². The summed E-state index contributed by atoms with van der Waals surface area (Å²) in [7, 11) is 0. The maximum Gasteiger partial charge on any atom is 0.303 e. The highest BCUT2D eigenvalue weighted by molar-refractivity contribution is 5.66. The first kappa shape index (κ1) is 16.0. The Morgan fingerprint density at radius 3 is 2.48 bits per heavy atom. The van der Waals surface area contributed by atoms with E-state index in [2.05, 4.69) is 4.90 Å². The molecule has 0 unspecified atom stereocenters. The molecule has 1 saturated heterocycles. The van der Waals surface area contributed by atoms with Crippen LogP contribution in [-0.4, -0.2) is 35.6 Å². The molecule has 1 aromatic carbocycles. The van der Waals surface area contributed by atoms with Gasteiger partial charge in [-0.3, -0.25) is 4.79 Å². The van der Waals surface area contributed by atoms with Crippen LogP contribution in [0.5, 0.6) is 0 Å². The Bertz CT molecular complexity index is 439. The molecule has 0 aromatic heterocycles. The molecule has 1 aliphatic rings. The fourth-order valence-corrected chi connectivity index (χ4v) is 2.98. The largest absolute Gasteiger partial charge is 0.481 e. The number of carboxylic acids is 1. The fraction of sp³-hybridized carbons (Fsp3) is 0.588. The monoisotopic (exact) mass is 293 g/mol. The van der Waals surface area contributed by atoms with Crippen molar-refractivity contribution in [3.05, 3.63) is 35.6 Å². The van der Waals surface area contributed by atoms with E-state index < -0.39 is 5.97 Å². The molecule has 1 fully saturated rings. The third-order valence-electron chi connectivity index (χ3n) is 4.26. The lowest BCUT2D eigenvalue weighted by molar-refractivity contribution is -0.137. The molecule has 0 bridgehead atoms. The predicted molar refractivity (Wildman–Crippen MR) is 80.8 cm³/mol. The fourth-order valence-electron chi connectivity index (χ4n) is 2.98. The summed E-state index contributed by atoms with van der Waals surface area (Å²) in [4.78, 5) is 12.9. The lowest BCUT2D eigenvalue weighted by Gasteiger charge is -2.32. The summed E-state index contributed by atoms with van der Waals surface area (Å²) >= 11 is 0. The summed E-state index contributed by atoms with van der Waals surface area (Å²) in [6.45, 7) is 3.20. The second-order valence-electron chi connectivity index (χ2n) is 5.97. The minimum Gasteiger partial charge on any atom is -0.481 e. The summed E-state index contributed by atoms with van der Waals surface area (Å²) in [6.07, 6.45) is 5.40. The number of nitrogens with zero attached hydrogens (tertiary/aromatic N) is 1. The van der Waals surface area contributed by atoms with Crippen molar-refractivity contribution in [2.24, 2.45) is 5.92 Å². The molecular formula is C17H24FNO2. The van der Waals surface area contributed by atoms with Crippen LogP contribution in [0.25, 0.3) is 0 Å². The maximum atomic E-state index is 12.9. The van der Waals surface area contributed by atoms with E-state index in [0.29, 0.717) is 5.92 Å². The Balaban J connectivity index is 1.64. The highest BCUT2D eigenvalue weighted by Crippen LogP contribution is 2.22. The summed E-state index contributed by atoms with van der Waals surface area (Å²) in [6, 6.07) is 6.83. The Hall–Kier alpha value is -1.42. The first-order chi connectivity index (χ1) is 10.1. The van der Waals surface area contributed by atoms with Crippen LogP contribution < -0.4 is 0 Å². The zero-order chi connectivity index (χ0) is 15.1. The standard InChI is InChI=1S/C17H24FNO2/c18-16-6-4-14(5-7-16)13-15-8-11-19(12-9-15)10-2-1-3-17(20)21/h4-7,15H,1-3,8-13H2,(H,20,21). The Morgan fingerprint density at radius 2 is 1.86 bits per heavy atom. The minimum atomic E-state index is -0.701.